The molecule has 0 aliphatic carbocycles. The third-order valence-electron chi connectivity index (χ3n) is 2.76. The van der Waals surface area contributed by atoms with Crippen LogP contribution < -0.4 is 5.73 Å². The molecule has 1 heterocycles. The summed E-state index contributed by atoms with van der Waals surface area (Å²) in [7, 11) is 0. The summed E-state index contributed by atoms with van der Waals surface area (Å²) in [5.74, 6) is 0. The second-order valence-corrected chi connectivity index (χ2v) is 5.98. The SMILES string of the molecule is NC(Cc1sccc1Br)c1ccc(C(F)(F)F)cc1. The van der Waals surface area contributed by atoms with Crippen molar-refractivity contribution in [1.29, 1.82) is 0 Å². The molecule has 0 saturated heterocycles. The molecule has 1 aromatic carbocycles. The molecule has 1 nitrogen and oxygen atoms in total. The number of halogens is 4. The van der Waals surface area contributed by atoms with Gasteiger partial charge in [0.1, 0.15) is 0 Å². The van der Waals surface area contributed by atoms with Gasteiger partial charge in [-0.05, 0) is 45.1 Å². The molecule has 0 saturated carbocycles. The summed E-state index contributed by atoms with van der Waals surface area (Å²) in [5, 5.41) is 1.94. The predicted molar refractivity (Wildman–Crippen MR) is 74.1 cm³/mol. The summed E-state index contributed by atoms with van der Waals surface area (Å²) < 4.78 is 38.3. The summed E-state index contributed by atoms with van der Waals surface area (Å²) in [5.41, 5.74) is 6.07. The number of rotatable bonds is 3. The Labute approximate surface area is 121 Å². The number of hydrogen-bond acceptors (Lipinski definition) is 2. The van der Waals surface area contributed by atoms with E-state index in [4.69, 9.17) is 5.73 Å². The van der Waals surface area contributed by atoms with Crippen LogP contribution in [0.4, 0.5) is 13.2 Å². The molecule has 2 N–H and O–H groups in total. The van der Waals surface area contributed by atoms with Crippen molar-refractivity contribution >= 4 is 27.3 Å². The van der Waals surface area contributed by atoms with E-state index in [1.165, 1.54) is 12.1 Å². The summed E-state index contributed by atoms with van der Waals surface area (Å²) in [6.45, 7) is 0. The van der Waals surface area contributed by atoms with Crippen molar-refractivity contribution in [3.8, 4) is 0 Å². The molecule has 1 aromatic heterocycles. The molecule has 1 unspecified atom stereocenters. The van der Waals surface area contributed by atoms with E-state index in [9.17, 15) is 13.2 Å². The van der Waals surface area contributed by atoms with Crippen molar-refractivity contribution in [3.05, 3.63) is 56.2 Å². The molecule has 0 aliphatic heterocycles. The van der Waals surface area contributed by atoms with E-state index in [0.29, 0.717) is 12.0 Å². The lowest BCUT2D eigenvalue weighted by Gasteiger charge is -2.13. The maximum Gasteiger partial charge on any atom is 0.416 e. The molecule has 0 amide bonds. The average molecular weight is 350 g/mol. The van der Waals surface area contributed by atoms with Crippen LogP contribution in [-0.4, -0.2) is 0 Å². The van der Waals surface area contributed by atoms with Crippen LogP contribution in [0.5, 0.6) is 0 Å². The van der Waals surface area contributed by atoms with E-state index < -0.39 is 11.7 Å². The lowest BCUT2D eigenvalue weighted by Crippen LogP contribution is -2.13. The highest BCUT2D eigenvalue weighted by atomic mass is 79.9. The van der Waals surface area contributed by atoms with Gasteiger partial charge in [0.05, 0.1) is 5.56 Å². The third-order valence-corrected chi connectivity index (χ3v) is 4.71. The minimum absolute atomic E-state index is 0.308. The van der Waals surface area contributed by atoms with Gasteiger partial charge in [0.2, 0.25) is 0 Å². The molecule has 0 aliphatic rings. The molecule has 0 spiro atoms. The monoisotopic (exact) mass is 349 g/mol. The Balaban J connectivity index is 2.12. The van der Waals surface area contributed by atoms with Crippen molar-refractivity contribution in [3.63, 3.8) is 0 Å². The standard InChI is InChI=1S/C13H11BrF3NS/c14-10-5-6-19-12(10)7-11(18)8-1-3-9(4-2-8)13(15,16)17/h1-6,11H,7,18H2. The van der Waals surface area contributed by atoms with Gasteiger partial charge in [-0.3, -0.25) is 0 Å². The summed E-state index contributed by atoms with van der Waals surface area (Å²) in [6.07, 6.45) is -3.71. The largest absolute Gasteiger partial charge is 0.416 e. The molecule has 2 aromatic rings. The van der Waals surface area contributed by atoms with E-state index in [1.54, 1.807) is 11.3 Å². The van der Waals surface area contributed by atoms with Gasteiger partial charge in [-0.2, -0.15) is 13.2 Å². The molecular formula is C13H11BrF3NS. The molecule has 2 rings (SSSR count). The van der Waals surface area contributed by atoms with Crippen molar-refractivity contribution in [1.82, 2.24) is 0 Å². The van der Waals surface area contributed by atoms with Crippen molar-refractivity contribution in [2.45, 2.75) is 18.6 Å². The zero-order valence-electron chi connectivity index (χ0n) is 9.75. The number of thiophene rings is 1. The highest BCUT2D eigenvalue weighted by Gasteiger charge is 2.30. The fourth-order valence-corrected chi connectivity index (χ4v) is 3.28. The van der Waals surface area contributed by atoms with Crippen molar-refractivity contribution in [2.75, 3.05) is 0 Å². The number of alkyl halides is 3. The summed E-state index contributed by atoms with van der Waals surface area (Å²) in [4.78, 5) is 1.09. The highest BCUT2D eigenvalue weighted by molar-refractivity contribution is 9.10. The van der Waals surface area contributed by atoms with Crippen LogP contribution >= 0.6 is 27.3 Å². The quantitative estimate of drug-likeness (QED) is 0.848. The van der Waals surface area contributed by atoms with Gasteiger partial charge < -0.3 is 5.73 Å². The first-order valence-corrected chi connectivity index (χ1v) is 7.20. The van der Waals surface area contributed by atoms with Gasteiger partial charge in [0.25, 0.3) is 0 Å². The molecule has 1 atom stereocenters. The normalized spacial score (nSPS) is 13.5. The minimum Gasteiger partial charge on any atom is -0.324 e. The van der Waals surface area contributed by atoms with Crippen LogP contribution in [0, 0.1) is 0 Å². The lowest BCUT2D eigenvalue weighted by atomic mass is 10.0. The third kappa shape index (κ3) is 3.58. The van der Waals surface area contributed by atoms with Crippen molar-refractivity contribution in [2.24, 2.45) is 5.73 Å². The Hall–Kier alpha value is -0.850. The molecule has 0 bridgehead atoms. The Morgan fingerprint density at radius 1 is 1.16 bits per heavy atom. The molecule has 102 valence electrons. The summed E-state index contributed by atoms with van der Waals surface area (Å²) >= 11 is 4.98. The van der Waals surface area contributed by atoms with Gasteiger partial charge in [-0.15, -0.1) is 11.3 Å². The fourth-order valence-electron chi connectivity index (χ4n) is 1.71. The topological polar surface area (TPSA) is 26.0 Å². The van der Waals surface area contributed by atoms with Gasteiger partial charge in [-0.1, -0.05) is 12.1 Å². The number of benzene rings is 1. The lowest BCUT2D eigenvalue weighted by molar-refractivity contribution is -0.137. The van der Waals surface area contributed by atoms with E-state index >= 15 is 0 Å². The summed E-state index contributed by atoms with van der Waals surface area (Å²) in [6, 6.07) is 6.64. The second-order valence-electron chi connectivity index (χ2n) is 4.12. The van der Waals surface area contributed by atoms with E-state index in [2.05, 4.69) is 15.9 Å². The second kappa shape index (κ2) is 5.64. The maximum atomic E-state index is 12.4. The van der Waals surface area contributed by atoms with Gasteiger partial charge in [0.15, 0.2) is 0 Å². The maximum absolute atomic E-state index is 12.4. The first-order valence-electron chi connectivity index (χ1n) is 5.52. The van der Waals surface area contributed by atoms with Crippen LogP contribution in [0.25, 0.3) is 0 Å². The van der Waals surface area contributed by atoms with Crippen LogP contribution in [0.15, 0.2) is 40.2 Å². The van der Waals surface area contributed by atoms with Crippen molar-refractivity contribution < 1.29 is 13.2 Å². The predicted octanol–water partition coefficient (Wildman–Crippen LogP) is 4.77. The Morgan fingerprint density at radius 2 is 1.79 bits per heavy atom. The fraction of sp³-hybridized carbons (Fsp3) is 0.231. The van der Waals surface area contributed by atoms with E-state index in [-0.39, 0.29) is 6.04 Å². The van der Waals surface area contributed by atoms with Gasteiger partial charge >= 0.3 is 6.18 Å². The zero-order chi connectivity index (χ0) is 14.0. The molecule has 0 radical (unpaired) electrons. The zero-order valence-corrected chi connectivity index (χ0v) is 12.1. The Morgan fingerprint density at radius 3 is 2.26 bits per heavy atom. The van der Waals surface area contributed by atoms with Crippen LogP contribution in [-0.2, 0) is 12.6 Å². The van der Waals surface area contributed by atoms with Crippen LogP contribution in [0.2, 0.25) is 0 Å². The molecule has 0 fully saturated rings. The van der Waals surface area contributed by atoms with Crippen LogP contribution in [0.3, 0.4) is 0 Å². The minimum atomic E-state index is -4.31. The first kappa shape index (κ1) is 14.6. The molecular weight excluding hydrogens is 339 g/mol. The van der Waals surface area contributed by atoms with E-state index in [1.807, 2.05) is 11.4 Å². The first-order chi connectivity index (χ1) is 8.88. The molecule has 19 heavy (non-hydrogen) atoms. The van der Waals surface area contributed by atoms with Gasteiger partial charge in [0, 0.05) is 21.8 Å². The molecule has 6 heteroatoms. The number of nitrogens with two attached hydrogens (primary N) is 1. The van der Waals surface area contributed by atoms with Crippen LogP contribution in [0.1, 0.15) is 22.0 Å². The van der Waals surface area contributed by atoms with E-state index in [0.717, 1.165) is 21.5 Å². The smallest absolute Gasteiger partial charge is 0.324 e. The number of hydrogen-bond donors (Lipinski definition) is 1. The highest BCUT2D eigenvalue weighted by Crippen LogP contribution is 2.31. The Bertz CT molecular complexity index is 548. The van der Waals surface area contributed by atoms with Gasteiger partial charge in [-0.25, -0.2) is 0 Å². The average Bonchev–Trinajstić information content (AvgIpc) is 2.74. The Kier molecular flexibility index (Phi) is 4.32.